The molecule has 2 aliphatic rings. The maximum Gasteiger partial charge on any atom is 0.287 e. The minimum absolute atomic E-state index is 0.246. The van der Waals surface area contributed by atoms with Gasteiger partial charge in [-0.3, -0.25) is 4.79 Å². The molecular weight excluding hydrogens is 392 g/mol. The average Bonchev–Trinajstić information content (AvgIpc) is 2.97. The highest BCUT2D eigenvalue weighted by atomic mass is 19.3. The van der Waals surface area contributed by atoms with Crippen LogP contribution in [-0.4, -0.2) is 38.9 Å². The van der Waals surface area contributed by atoms with E-state index in [2.05, 4.69) is 15.3 Å². The maximum atomic E-state index is 13.8. The largest absolute Gasteiger partial charge is 0.380 e. The molecule has 1 N–H and O–H groups in total. The predicted molar refractivity (Wildman–Crippen MR) is 106 cm³/mol. The van der Waals surface area contributed by atoms with Crippen molar-refractivity contribution in [1.82, 2.24) is 19.7 Å². The molecule has 1 aliphatic carbocycles. The number of rotatable bonds is 4. The fraction of sp³-hybridized carbons (Fsp3) is 0.429. The highest BCUT2D eigenvalue weighted by Gasteiger charge is 2.51. The standard InChI is InChI=1S/C21H21F2N5O2/c1-12(29)25-17-6-15-14(9-24-17)19(13-7-21(8-13)10-30-11-21)27-28(15)18-5-3-4-16(26-18)20(2,22)23/h3-6,9,13H,7-8,10-11H2,1-2H3,(H,24,25,29). The van der Waals surface area contributed by atoms with Crippen molar-refractivity contribution in [2.45, 2.75) is 38.5 Å². The number of pyridine rings is 2. The molecule has 0 unspecified atom stereocenters. The lowest BCUT2D eigenvalue weighted by Crippen LogP contribution is -2.51. The summed E-state index contributed by atoms with van der Waals surface area (Å²) in [6.45, 7) is 3.78. The smallest absolute Gasteiger partial charge is 0.287 e. The van der Waals surface area contributed by atoms with Gasteiger partial charge in [-0.15, -0.1) is 0 Å². The monoisotopic (exact) mass is 413 g/mol. The number of amides is 1. The van der Waals surface area contributed by atoms with Gasteiger partial charge >= 0.3 is 0 Å². The van der Waals surface area contributed by atoms with Gasteiger partial charge in [0, 0.05) is 42.8 Å². The van der Waals surface area contributed by atoms with E-state index in [4.69, 9.17) is 9.84 Å². The molecule has 3 aromatic rings. The van der Waals surface area contributed by atoms with Gasteiger partial charge in [0.25, 0.3) is 5.92 Å². The number of carbonyl (C=O) groups excluding carboxylic acids is 1. The number of fused-ring (bicyclic) bond motifs is 1. The van der Waals surface area contributed by atoms with E-state index in [9.17, 15) is 13.6 Å². The summed E-state index contributed by atoms with van der Waals surface area (Å²) in [7, 11) is 0. The van der Waals surface area contributed by atoms with Crippen molar-refractivity contribution in [2.24, 2.45) is 5.41 Å². The lowest BCUT2D eigenvalue weighted by molar-refractivity contribution is -0.164. The van der Waals surface area contributed by atoms with Crippen molar-refractivity contribution in [3.8, 4) is 5.82 Å². The fourth-order valence-corrected chi connectivity index (χ4v) is 4.35. The van der Waals surface area contributed by atoms with Gasteiger partial charge in [0.2, 0.25) is 5.91 Å². The molecule has 1 saturated carbocycles. The minimum Gasteiger partial charge on any atom is -0.380 e. The van der Waals surface area contributed by atoms with E-state index in [1.54, 1.807) is 29.1 Å². The van der Waals surface area contributed by atoms with Gasteiger partial charge in [0.05, 0.1) is 24.4 Å². The third-order valence-corrected chi connectivity index (χ3v) is 5.86. The van der Waals surface area contributed by atoms with Crippen LogP contribution in [0.15, 0.2) is 30.5 Å². The number of hydrogen-bond donors (Lipinski definition) is 1. The molecule has 0 atom stereocenters. The number of anilines is 1. The maximum absolute atomic E-state index is 13.8. The van der Waals surface area contributed by atoms with Gasteiger partial charge in [-0.1, -0.05) is 6.07 Å². The van der Waals surface area contributed by atoms with Crippen LogP contribution >= 0.6 is 0 Å². The summed E-state index contributed by atoms with van der Waals surface area (Å²) in [5.41, 5.74) is 1.47. The molecule has 1 amide bonds. The molecule has 7 nitrogen and oxygen atoms in total. The first kappa shape index (κ1) is 19.0. The van der Waals surface area contributed by atoms with E-state index in [0.717, 1.165) is 44.1 Å². The Labute approximate surface area is 171 Å². The number of carbonyl (C=O) groups is 1. The first-order chi connectivity index (χ1) is 14.2. The molecule has 9 heteroatoms. The summed E-state index contributed by atoms with van der Waals surface area (Å²) in [5, 5.41) is 8.26. The number of nitrogens with one attached hydrogen (secondary N) is 1. The van der Waals surface area contributed by atoms with Crippen LogP contribution in [0.3, 0.4) is 0 Å². The molecule has 1 spiro atoms. The summed E-state index contributed by atoms with van der Waals surface area (Å²) >= 11 is 0. The quantitative estimate of drug-likeness (QED) is 0.704. The number of alkyl halides is 2. The minimum atomic E-state index is -3.06. The fourth-order valence-electron chi connectivity index (χ4n) is 4.35. The van der Waals surface area contributed by atoms with Gasteiger partial charge in [0.1, 0.15) is 11.5 Å². The van der Waals surface area contributed by atoms with Crippen LogP contribution in [-0.2, 0) is 15.5 Å². The zero-order valence-electron chi connectivity index (χ0n) is 16.7. The van der Waals surface area contributed by atoms with Crippen LogP contribution in [0.4, 0.5) is 14.6 Å². The van der Waals surface area contributed by atoms with Crippen LogP contribution in [0.1, 0.15) is 44.0 Å². The zero-order valence-corrected chi connectivity index (χ0v) is 16.7. The van der Waals surface area contributed by atoms with Crippen LogP contribution in [0.2, 0.25) is 0 Å². The van der Waals surface area contributed by atoms with Crippen LogP contribution in [0.5, 0.6) is 0 Å². The Morgan fingerprint density at radius 2 is 2.10 bits per heavy atom. The summed E-state index contributed by atoms with van der Waals surface area (Å²) in [5.74, 6) is -2.38. The Morgan fingerprint density at radius 1 is 1.33 bits per heavy atom. The molecule has 3 aromatic heterocycles. The van der Waals surface area contributed by atoms with E-state index in [-0.39, 0.29) is 22.9 Å². The van der Waals surface area contributed by atoms with Crippen molar-refractivity contribution < 1.29 is 18.3 Å². The Kier molecular flexibility index (Phi) is 4.15. The Balaban J connectivity index is 1.61. The van der Waals surface area contributed by atoms with E-state index in [1.807, 2.05) is 0 Å². The van der Waals surface area contributed by atoms with Crippen molar-refractivity contribution in [3.63, 3.8) is 0 Å². The van der Waals surface area contributed by atoms with Gasteiger partial charge in [-0.2, -0.15) is 13.9 Å². The first-order valence-corrected chi connectivity index (χ1v) is 9.84. The normalized spacial score (nSPS) is 18.3. The molecule has 1 aliphatic heterocycles. The highest BCUT2D eigenvalue weighted by Crippen LogP contribution is 2.55. The van der Waals surface area contributed by atoms with Crippen molar-refractivity contribution in [1.29, 1.82) is 0 Å². The molecule has 5 rings (SSSR count). The van der Waals surface area contributed by atoms with Gasteiger partial charge in [-0.25, -0.2) is 14.6 Å². The molecule has 1 saturated heterocycles. The predicted octanol–water partition coefficient (Wildman–Crippen LogP) is 3.78. The molecule has 0 aromatic carbocycles. The molecule has 4 heterocycles. The van der Waals surface area contributed by atoms with Crippen LogP contribution < -0.4 is 5.32 Å². The number of hydrogen-bond acceptors (Lipinski definition) is 5. The number of aromatic nitrogens is 4. The molecular formula is C21H21F2N5O2. The Hall–Kier alpha value is -2.94. The van der Waals surface area contributed by atoms with Crippen LogP contribution in [0.25, 0.3) is 16.7 Å². The molecule has 30 heavy (non-hydrogen) atoms. The number of ether oxygens (including phenoxy) is 1. The first-order valence-electron chi connectivity index (χ1n) is 9.84. The van der Waals surface area contributed by atoms with E-state index < -0.39 is 5.92 Å². The molecule has 0 radical (unpaired) electrons. The molecule has 0 bridgehead atoms. The zero-order chi connectivity index (χ0) is 21.1. The average molecular weight is 413 g/mol. The van der Waals surface area contributed by atoms with Crippen molar-refractivity contribution >= 4 is 22.6 Å². The second-order valence-corrected chi connectivity index (χ2v) is 8.43. The van der Waals surface area contributed by atoms with Crippen molar-refractivity contribution in [3.05, 3.63) is 41.9 Å². The van der Waals surface area contributed by atoms with Gasteiger partial charge in [0.15, 0.2) is 5.82 Å². The topological polar surface area (TPSA) is 81.9 Å². The summed E-state index contributed by atoms with van der Waals surface area (Å²) in [6, 6.07) is 6.19. The van der Waals surface area contributed by atoms with Gasteiger partial charge in [-0.05, 0) is 25.0 Å². The summed E-state index contributed by atoms with van der Waals surface area (Å²) in [6.07, 6.45) is 3.64. The van der Waals surface area contributed by atoms with Gasteiger partial charge < -0.3 is 10.1 Å². The lowest BCUT2D eigenvalue weighted by Gasteiger charge is -2.52. The lowest BCUT2D eigenvalue weighted by atomic mass is 9.59. The summed E-state index contributed by atoms with van der Waals surface area (Å²) < 4.78 is 34.6. The second-order valence-electron chi connectivity index (χ2n) is 8.43. The Morgan fingerprint density at radius 3 is 2.73 bits per heavy atom. The van der Waals surface area contributed by atoms with E-state index >= 15 is 0 Å². The third kappa shape index (κ3) is 3.13. The molecule has 2 fully saturated rings. The SMILES string of the molecule is CC(=O)Nc1cc2c(cn1)c(C1CC3(COC3)C1)nn2-c1cccc(C(C)(F)F)n1. The van der Waals surface area contributed by atoms with Crippen LogP contribution in [0, 0.1) is 5.41 Å². The highest BCUT2D eigenvalue weighted by molar-refractivity contribution is 5.91. The molecule has 156 valence electrons. The number of halogens is 2. The second kappa shape index (κ2) is 6.53. The Bertz CT molecular complexity index is 1140. The number of nitrogens with zero attached hydrogens (tertiary/aromatic N) is 4. The van der Waals surface area contributed by atoms with Crippen molar-refractivity contribution in [2.75, 3.05) is 18.5 Å². The summed E-state index contributed by atoms with van der Waals surface area (Å²) in [4.78, 5) is 19.9. The third-order valence-electron chi connectivity index (χ3n) is 5.86. The van der Waals surface area contributed by atoms with E-state index in [1.165, 1.54) is 13.0 Å². The van der Waals surface area contributed by atoms with E-state index in [0.29, 0.717) is 17.2 Å².